The van der Waals surface area contributed by atoms with Crippen molar-refractivity contribution in [2.45, 2.75) is 6.92 Å². The molecule has 1 aromatic heterocycles. The van der Waals surface area contributed by atoms with Gasteiger partial charge in [-0.25, -0.2) is 4.98 Å². The first-order valence-electron chi connectivity index (χ1n) is 7.65. The van der Waals surface area contributed by atoms with Gasteiger partial charge in [0.2, 0.25) is 0 Å². The fraction of sp³-hybridized carbons (Fsp3) is 0.176. The van der Waals surface area contributed by atoms with E-state index in [-0.39, 0.29) is 22.9 Å². The Bertz CT molecular complexity index is 1000. The first-order chi connectivity index (χ1) is 12.4. The third-order valence-corrected chi connectivity index (χ3v) is 5.05. The van der Waals surface area contributed by atoms with Crippen LogP contribution < -0.4 is 9.64 Å². The number of benzene rings is 2. The van der Waals surface area contributed by atoms with Crippen LogP contribution in [0.25, 0.3) is 10.2 Å². The molecule has 26 heavy (non-hydrogen) atoms. The number of hydrogen-bond donors (Lipinski definition) is 0. The molecule has 1 heterocycles. The number of carbonyl (C=O) groups is 1. The lowest BCUT2D eigenvalue weighted by molar-refractivity contribution is -0.385. The molecule has 2 aromatic carbocycles. The summed E-state index contributed by atoms with van der Waals surface area (Å²) in [4.78, 5) is 29.5. The number of aromatic nitrogens is 1. The molecule has 9 heteroatoms. The molecule has 0 saturated carbocycles. The van der Waals surface area contributed by atoms with Crippen molar-refractivity contribution in [3.8, 4) is 5.75 Å². The van der Waals surface area contributed by atoms with E-state index in [1.165, 1.54) is 41.5 Å². The third-order valence-electron chi connectivity index (χ3n) is 3.75. The predicted octanol–water partition coefficient (Wildman–Crippen LogP) is 4.53. The zero-order valence-electron chi connectivity index (χ0n) is 13.9. The summed E-state index contributed by atoms with van der Waals surface area (Å²) in [7, 11) is 1.34. The maximum Gasteiger partial charge on any atom is 0.311 e. The Morgan fingerprint density at radius 3 is 2.77 bits per heavy atom. The molecule has 134 valence electrons. The predicted molar refractivity (Wildman–Crippen MR) is 102 cm³/mol. The molecule has 0 radical (unpaired) electrons. The van der Waals surface area contributed by atoms with Gasteiger partial charge in [-0.05, 0) is 37.3 Å². The van der Waals surface area contributed by atoms with E-state index in [4.69, 9.17) is 16.3 Å². The van der Waals surface area contributed by atoms with Crippen LogP contribution in [0.5, 0.6) is 5.75 Å². The maximum atomic E-state index is 12.9. The lowest BCUT2D eigenvalue weighted by Gasteiger charge is -2.17. The van der Waals surface area contributed by atoms with E-state index in [2.05, 4.69) is 4.98 Å². The second-order valence-electron chi connectivity index (χ2n) is 5.30. The summed E-state index contributed by atoms with van der Waals surface area (Å²) < 4.78 is 5.87. The quantitative estimate of drug-likeness (QED) is 0.471. The van der Waals surface area contributed by atoms with Crippen molar-refractivity contribution in [3.05, 3.63) is 57.1 Å². The van der Waals surface area contributed by atoms with Crippen LogP contribution in [0.1, 0.15) is 17.3 Å². The Morgan fingerprint density at radius 2 is 2.12 bits per heavy atom. The molecule has 1 amide bonds. The lowest BCUT2D eigenvalue weighted by Crippen LogP contribution is -2.30. The average Bonchev–Trinajstić information content (AvgIpc) is 3.04. The molecular weight excluding hydrogens is 378 g/mol. The molecule has 0 N–H and O–H groups in total. The summed E-state index contributed by atoms with van der Waals surface area (Å²) in [5.74, 6) is -0.271. The molecular formula is C17H14ClN3O4S. The number of rotatable bonds is 5. The van der Waals surface area contributed by atoms with Gasteiger partial charge in [-0.2, -0.15) is 0 Å². The molecule has 3 aromatic rings. The number of anilines is 1. The van der Waals surface area contributed by atoms with Gasteiger partial charge in [0, 0.05) is 23.2 Å². The van der Waals surface area contributed by atoms with Crippen LogP contribution in [0, 0.1) is 10.1 Å². The summed E-state index contributed by atoms with van der Waals surface area (Å²) in [5.41, 5.74) is 0.631. The number of methoxy groups -OCH3 is 1. The van der Waals surface area contributed by atoms with Crippen LogP contribution in [0.3, 0.4) is 0 Å². The van der Waals surface area contributed by atoms with E-state index in [9.17, 15) is 14.9 Å². The van der Waals surface area contributed by atoms with E-state index in [1.807, 2.05) is 13.0 Å². The van der Waals surface area contributed by atoms with Crippen LogP contribution in [-0.4, -0.2) is 29.5 Å². The van der Waals surface area contributed by atoms with E-state index >= 15 is 0 Å². The van der Waals surface area contributed by atoms with E-state index in [0.717, 1.165) is 4.70 Å². The van der Waals surface area contributed by atoms with E-state index in [1.54, 1.807) is 12.1 Å². The maximum absolute atomic E-state index is 12.9. The van der Waals surface area contributed by atoms with Gasteiger partial charge in [-0.3, -0.25) is 19.8 Å². The molecule has 0 spiro atoms. The zero-order chi connectivity index (χ0) is 18.8. The van der Waals surface area contributed by atoms with Crippen molar-refractivity contribution in [2.24, 2.45) is 0 Å². The first kappa shape index (κ1) is 18.1. The highest BCUT2D eigenvalue weighted by atomic mass is 35.5. The van der Waals surface area contributed by atoms with Gasteiger partial charge in [-0.1, -0.05) is 22.9 Å². The minimum absolute atomic E-state index is 0.101. The number of nitro benzene ring substituents is 1. The van der Waals surface area contributed by atoms with Gasteiger partial charge in [-0.15, -0.1) is 0 Å². The molecule has 0 unspecified atom stereocenters. The molecule has 7 nitrogen and oxygen atoms in total. The Morgan fingerprint density at radius 1 is 1.35 bits per heavy atom. The average molecular weight is 392 g/mol. The summed E-state index contributed by atoms with van der Waals surface area (Å²) in [6.07, 6.45) is 0. The minimum atomic E-state index is -0.578. The Balaban J connectivity index is 2.00. The summed E-state index contributed by atoms with van der Waals surface area (Å²) in [5, 5.41) is 12.3. The number of nitrogens with zero attached hydrogens (tertiary/aromatic N) is 3. The molecule has 0 aliphatic carbocycles. The molecule has 0 fully saturated rings. The second-order valence-corrected chi connectivity index (χ2v) is 6.75. The van der Waals surface area contributed by atoms with Crippen molar-refractivity contribution in [1.29, 1.82) is 0 Å². The van der Waals surface area contributed by atoms with Crippen LogP contribution in [0.2, 0.25) is 5.02 Å². The fourth-order valence-corrected chi connectivity index (χ4v) is 3.67. The highest BCUT2D eigenvalue weighted by Gasteiger charge is 2.23. The molecule has 0 aliphatic heterocycles. The summed E-state index contributed by atoms with van der Waals surface area (Å²) in [6, 6.07) is 9.46. The molecule has 3 rings (SSSR count). The Labute approximate surface area is 157 Å². The van der Waals surface area contributed by atoms with Gasteiger partial charge in [0.1, 0.15) is 0 Å². The van der Waals surface area contributed by atoms with Crippen molar-refractivity contribution in [2.75, 3.05) is 18.6 Å². The first-order valence-corrected chi connectivity index (χ1v) is 8.84. The number of amides is 1. The summed E-state index contributed by atoms with van der Waals surface area (Å²) in [6.45, 7) is 2.18. The lowest BCUT2D eigenvalue weighted by atomic mass is 10.1. The zero-order valence-corrected chi connectivity index (χ0v) is 15.5. The fourth-order valence-electron chi connectivity index (χ4n) is 2.49. The molecule has 0 saturated heterocycles. The van der Waals surface area contributed by atoms with Gasteiger partial charge >= 0.3 is 5.69 Å². The van der Waals surface area contributed by atoms with Gasteiger partial charge in [0.05, 0.1) is 22.2 Å². The second kappa shape index (κ2) is 7.27. The van der Waals surface area contributed by atoms with Crippen LogP contribution in [0.4, 0.5) is 10.8 Å². The number of halogens is 1. The van der Waals surface area contributed by atoms with Crippen LogP contribution in [0.15, 0.2) is 36.4 Å². The van der Waals surface area contributed by atoms with Crippen LogP contribution in [-0.2, 0) is 0 Å². The Hall–Kier alpha value is -2.71. The third kappa shape index (κ3) is 3.33. The number of carbonyl (C=O) groups excluding carboxylic acids is 1. The monoisotopic (exact) mass is 391 g/mol. The van der Waals surface area contributed by atoms with E-state index in [0.29, 0.717) is 22.2 Å². The summed E-state index contributed by atoms with van der Waals surface area (Å²) >= 11 is 7.34. The standard InChI is InChI=1S/C17H14ClN3O4S/c1-3-20(17-19-12-9-11(18)5-7-15(12)26-17)16(22)10-4-6-14(25-2)13(8-10)21(23)24/h4-9H,3H2,1-2H3. The van der Waals surface area contributed by atoms with Crippen molar-refractivity contribution < 1.29 is 14.5 Å². The number of fused-ring (bicyclic) bond motifs is 1. The largest absolute Gasteiger partial charge is 0.490 e. The number of hydrogen-bond acceptors (Lipinski definition) is 6. The highest BCUT2D eigenvalue weighted by Crippen LogP contribution is 2.32. The van der Waals surface area contributed by atoms with Crippen LogP contribution >= 0.6 is 22.9 Å². The van der Waals surface area contributed by atoms with Crippen molar-refractivity contribution in [1.82, 2.24) is 4.98 Å². The van der Waals surface area contributed by atoms with Crippen molar-refractivity contribution >= 4 is 49.9 Å². The highest BCUT2D eigenvalue weighted by molar-refractivity contribution is 7.22. The van der Waals surface area contributed by atoms with Crippen molar-refractivity contribution in [3.63, 3.8) is 0 Å². The molecule has 0 atom stereocenters. The number of thiazole rings is 1. The van der Waals surface area contributed by atoms with Gasteiger partial charge in [0.25, 0.3) is 5.91 Å². The van der Waals surface area contributed by atoms with E-state index < -0.39 is 4.92 Å². The topological polar surface area (TPSA) is 85.6 Å². The minimum Gasteiger partial charge on any atom is -0.490 e. The number of nitro groups is 1. The number of ether oxygens (including phenoxy) is 1. The smallest absolute Gasteiger partial charge is 0.311 e. The normalized spacial score (nSPS) is 10.7. The Kier molecular flexibility index (Phi) is 5.06. The van der Waals surface area contributed by atoms with Gasteiger partial charge in [0.15, 0.2) is 10.9 Å². The van der Waals surface area contributed by atoms with Gasteiger partial charge < -0.3 is 4.74 Å². The molecule has 0 aliphatic rings. The SMILES string of the molecule is CCN(C(=O)c1ccc(OC)c([N+](=O)[O-])c1)c1nc2cc(Cl)ccc2s1. The molecule has 0 bridgehead atoms.